The summed E-state index contributed by atoms with van der Waals surface area (Å²) in [6.45, 7) is 2.18. The molecular weight excluding hydrogens is 285 g/mol. The number of rotatable bonds is 3. The zero-order valence-corrected chi connectivity index (χ0v) is 11.5. The second-order valence-corrected chi connectivity index (χ2v) is 5.22. The monoisotopic (exact) mass is 300 g/mol. The lowest BCUT2D eigenvalue weighted by molar-refractivity contribution is -0.141. The number of aryl methyl sites for hydroxylation is 1. The topological polar surface area (TPSA) is 44.9 Å². The van der Waals surface area contributed by atoms with E-state index in [9.17, 15) is 13.2 Å². The lowest BCUT2D eigenvalue weighted by Crippen LogP contribution is -2.10. The lowest BCUT2D eigenvalue weighted by atomic mass is 10.1. The molecule has 5 nitrogen and oxygen atoms in total. The van der Waals surface area contributed by atoms with E-state index in [1.165, 1.54) is 11.7 Å². The summed E-state index contributed by atoms with van der Waals surface area (Å²) in [5.74, 6) is 0.412. The standard InChI is InChI=1S/C13H15F3N4O/c1-19-11(4-12(18-19)13(14,15)16)10-5-17-20(7-10)6-9-2-3-21-8-9/h4-5,7,9H,2-3,6,8H2,1H3. The fourth-order valence-electron chi connectivity index (χ4n) is 2.46. The highest BCUT2D eigenvalue weighted by Gasteiger charge is 2.34. The van der Waals surface area contributed by atoms with E-state index in [1.54, 1.807) is 17.1 Å². The minimum Gasteiger partial charge on any atom is -0.381 e. The van der Waals surface area contributed by atoms with E-state index in [4.69, 9.17) is 4.74 Å². The van der Waals surface area contributed by atoms with Crippen LogP contribution in [0.4, 0.5) is 13.2 Å². The quantitative estimate of drug-likeness (QED) is 0.874. The van der Waals surface area contributed by atoms with Crippen LogP contribution in [-0.2, 0) is 24.5 Å². The van der Waals surface area contributed by atoms with Gasteiger partial charge >= 0.3 is 6.18 Å². The van der Waals surface area contributed by atoms with Gasteiger partial charge in [0.15, 0.2) is 5.69 Å². The number of alkyl halides is 3. The Hall–Kier alpha value is -1.83. The van der Waals surface area contributed by atoms with Crippen molar-refractivity contribution in [3.63, 3.8) is 0 Å². The molecule has 1 saturated heterocycles. The highest BCUT2D eigenvalue weighted by Crippen LogP contribution is 2.31. The first-order valence-electron chi connectivity index (χ1n) is 6.65. The molecule has 3 heterocycles. The van der Waals surface area contributed by atoms with Gasteiger partial charge in [-0.05, 0) is 12.5 Å². The van der Waals surface area contributed by atoms with Gasteiger partial charge in [0, 0.05) is 37.9 Å². The first kappa shape index (κ1) is 14.1. The highest BCUT2D eigenvalue weighted by molar-refractivity contribution is 5.58. The third kappa shape index (κ3) is 2.94. The molecule has 1 aliphatic heterocycles. The second-order valence-electron chi connectivity index (χ2n) is 5.22. The molecule has 0 aromatic carbocycles. The van der Waals surface area contributed by atoms with E-state index in [0.29, 0.717) is 30.3 Å². The third-order valence-corrected chi connectivity index (χ3v) is 3.57. The minimum atomic E-state index is -4.44. The molecule has 3 rings (SSSR count). The largest absolute Gasteiger partial charge is 0.435 e. The third-order valence-electron chi connectivity index (χ3n) is 3.57. The minimum absolute atomic E-state index is 0.399. The number of aromatic nitrogens is 4. The summed E-state index contributed by atoms with van der Waals surface area (Å²) in [7, 11) is 1.49. The van der Waals surface area contributed by atoms with Crippen LogP contribution in [0.3, 0.4) is 0 Å². The molecule has 0 spiro atoms. The summed E-state index contributed by atoms with van der Waals surface area (Å²) in [5, 5.41) is 7.71. The predicted octanol–water partition coefficient (Wildman–Crippen LogP) is 2.34. The van der Waals surface area contributed by atoms with Crippen LogP contribution in [0.2, 0.25) is 0 Å². The zero-order chi connectivity index (χ0) is 15.0. The number of nitrogens with zero attached hydrogens (tertiary/aromatic N) is 4. The van der Waals surface area contributed by atoms with Crippen LogP contribution in [-0.4, -0.2) is 32.8 Å². The SMILES string of the molecule is Cn1nc(C(F)(F)F)cc1-c1cnn(CC2CCOC2)c1. The fraction of sp³-hybridized carbons (Fsp3) is 0.538. The van der Waals surface area contributed by atoms with Crippen molar-refractivity contribution in [1.82, 2.24) is 19.6 Å². The van der Waals surface area contributed by atoms with E-state index in [0.717, 1.165) is 19.1 Å². The lowest BCUT2D eigenvalue weighted by Gasteiger charge is -2.06. The first-order valence-corrected chi connectivity index (χ1v) is 6.65. The van der Waals surface area contributed by atoms with Gasteiger partial charge in [-0.2, -0.15) is 23.4 Å². The Morgan fingerprint density at radius 2 is 2.24 bits per heavy atom. The van der Waals surface area contributed by atoms with Gasteiger partial charge in [0.2, 0.25) is 0 Å². The maximum absolute atomic E-state index is 12.7. The maximum atomic E-state index is 12.7. The summed E-state index contributed by atoms with van der Waals surface area (Å²) in [4.78, 5) is 0. The van der Waals surface area contributed by atoms with Crippen molar-refractivity contribution >= 4 is 0 Å². The zero-order valence-electron chi connectivity index (χ0n) is 11.5. The van der Waals surface area contributed by atoms with E-state index in [1.807, 2.05) is 0 Å². The van der Waals surface area contributed by atoms with Crippen molar-refractivity contribution in [1.29, 1.82) is 0 Å². The highest BCUT2D eigenvalue weighted by atomic mass is 19.4. The van der Waals surface area contributed by atoms with Crippen LogP contribution < -0.4 is 0 Å². The van der Waals surface area contributed by atoms with Crippen molar-refractivity contribution in [2.75, 3.05) is 13.2 Å². The van der Waals surface area contributed by atoms with Crippen LogP contribution in [0.5, 0.6) is 0 Å². The Morgan fingerprint density at radius 3 is 2.86 bits per heavy atom. The average Bonchev–Trinajstić information content (AvgIpc) is 3.09. The van der Waals surface area contributed by atoms with Gasteiger partial charge < -0.3 is 4.74 Å². The normalized spacial score (nSPS) is 19.3. The maximum Gasteiger partial charge on any atom is 0.435 e. The molecule has 1 atom stereocenters. The second kappa shape index (κ2) is 5.18. The van der Waals surface area contributed by atoms with Gasteiger partial charge in [0.05, 0.1) is 18.5 Å². The molecule has 0 bridgehead atoms. The number of hydrogen-bond acceptors (Lipinski definition) is 3. The molecule has 2 aromatic rings. The molecule has 1 aliphatic rings. The van der Waals surface area contributed by atoms with Gasteiger partial charge in [-0.15, -0.1) is 0 Å². The molecule has 1 fully saturated rings. The van der Waals surface area contributed by atoms with E-state index >= 15 is 0 Å². The number of hydrogen-bond donors (Lipinski definition) is 0. The van der Waals surface area contributed by atoms with Crippen LogP contribution in [0, 0.1) is 5.92 Å². The van der Waals surface area contributed by atoms with Crippen LogP contribution in [0.15, 0.2) is 18.5 Å². The van der Waals surface area contributed by atoms with Gasteiger partial charge in [-0.1, -0.05) is 0 Å². The van der Waals surface area contributed by atoms with Gasteiger partial charge in [0.25, 0.3) is 0 Å². The van der Waals surface area contributed by atoms with Crippen LogP contribution in [0.1, 0.15) is 12.1 Å². The average molecular weight is 300 g/mol. The number of halogens is 3. The summed E-state index contributed by atoms with van der Waals surface area (Å²) >= 11 is 0. The Bertz CT molecular complexity index is 626. The van der Waals surface area contributed by atoms with Gasteiger partial charge in [-0.3, -0.25) is 9.36 Å². The van der Waals surface area contributed by atoms with Crippen LogP contribution in [0.25, 0.3) is 11.3 Å². The summed E-state index contributed by atoms with van der Waals surface area (Å²) in [6, 6.07) is 1.04. The molecule has 114 valence electrons. The van der Waals surface area contributed by atoms with Crippen LogP contribution >= 0.6 is 0 Å². The Morgan fingerprint density at radius 1 is 1.43 bits per heavy atom. The van der Waals surface area contributed by atoms with Crippen molar-refractivity contribution in [3.05, 3.63) is 24.2 Å². The first-order chi connectivity index (χ1) is 9.93. The van der Waals surface area contributed by atoms with Crippen molar-refractivity contribution in [2.45, 2.75) is 19.1 Å². The van der Waals surface area contributed by atoms with Gasteiger partial charge in [0.1, 0.15) is 0 Å². The molecule has 0 aliphatic carbocycles. The predicted molar refractivity (Wildman–Crippen MR) is 68.4 cm³/mol. The molecular formula is C13H15F3N4O. The smallest absolute Gasteiger partial charge is 0.381 e. The summed E-state index contributed by atoms with van der Waals surface area (Å²) in [6.07, 6.45) is -0.144. The molecule has 1 unspecified atom stereocenters. The summed E-state index contributed by atoms with van der Waals surface area (Å²) in [5.41, 5.74) is 0.132. The molecule has 2 aromatic heterocycles. The number of ether oxygens (including phenoxy) is 1. The Kier molecular flexibility index (Phi) is 3.48. The Labute approximate surface area is 119 Å². The molecule has 0 saturated carbocycles. The molecule has 21 heavy (non-hydrogen) atoms. The fourth-order valence-corrected chi connectivity index (χ4v) is 2.46. The van der Waals surface area contributed by atoms with E-state index < -0.39 is 11.9 Å². The molecule has 0 N–H and O–H groups in total. The molecule has 8 heteroatoms. The molecule has 0 amide bonds. The summed E-state index contributed by atoms with van der Waals surface area (Å²) < 4.78 is 46.3. The molecule has 0 radical (unpaired) electrons. The van der Waals surface area contributed by atoms with E-state index in [-0.39, 0.29) is 0 Å². The van der Waals surface area contributed by atoms with Crippen molar-refractivity contribution in [2.24, 2.45) is 13.0 Å². The van der Waals surface area contributed by atoms with Crippen molar-refractivity contribution in [3.8, 4) is 11.3 Å². The van der Waals surface area contributed by atoms with Crippen molar-refractivity contribution < 1.29 is 17.9 Å². The van der Waals surface area contributed by atoms with Gasteiger partial charge in [-0.25, -0.2) is 0 Å². The van der Waals surface area contributed by atoms with E-state index in [2.05, 4.69) is 10.2 Å². The Balaban J connectivity index is 1.81.